The summed E-state index contributed by atoms with van der Waals surface area (Å²) in [6.45, 7) is 15.4. The summed E-state index contributed by atoms with van der Waals surface area (Å²) < 4.78 is 16.9. The molecular formula is C13H26O4Si. The van der Waals surface area contributed by atoms with E-state index in [2.05, 4.69) is 6.58 Å². The molecule has 0 rings (SSSR count). The third kappa shape index (κ3) is 7.63. The van der Waals surface area contributed by atoms with E-state index in [1.165, 1.54) is 0 Å². The number of rotatable bonds is 8. The van der Waals surface area contributed by atoms with E-state index in [1.807, 2.05) is 34.2 Å². The van der Waals surface area contributed by atoms with Gasteiger partial charge in [-0.1, -0.05) is 6.58 Å². The topological polar surface area (TPSA) is 44.8 Å². The van der Waals surface area contributed by atoms with Crippen LogP contribution in [0.1, 0.15) is 34.6 Å². The highest BCUT2D eigenvalue weighted by atomic mass is 28.4. The summed E-state index contributed by atoms with van der Waals surface area (Å²) in [5.41, 5.74) is 0.410. The van der Waals surface area contributed by atoms with Crippen LogP contribution >= 0.6 is 0 Å². The molecule has 0 N–H and O–H groups in total. The number of ether oxygens (including phenoxy) is 1. The fourth-order valence-corrected chi connectivity index (χ4v) is 4.35. The predicted octanol–water partition coefficient (Wildman–Crippen LogP) is 3.03. The maximum Gasteiger partial charge on any atom is 0.338 e. The average molecular weight is 274 g/mol. The van der Waals surface area contributed by atoms with Gasteiger partial charge < -0.3 is 13.6 Å². The first kappa shape index (κ1) is 17.3. The molecule has 0 aromatic rings. The third-order valence-corrected chi connectivity index (χ3v) is 5.16. The first-order chi connectivity index (χ1) is 8.16. The van der Waals surface area contributed by atoms with Gasteiger partial charge in [0.2, 0.25) is 0 Å². The molecule has 4 nitrogen and oxygen atoms in total. The standard InChI is InChI=1S/C13H26O4Si/c1-10(2)13(14)15-8-9-18(7,16-11(3)4)17-12(5)6/h11-12H,1,8-9H2,2-7H3. The molecule has 0 saturated carbocycles. The molecule has 0 heterocycles. The van der Waals surface area contributed by atoms with Crippen LogP contribution in [0.5, 0.6) is 0 Å². The van der Waals surface area contributed by atoms with Gasteiger partial charge >= 0.3 is 14.5 Å². The molecule has 106 valence electrons. The van der Waals surface area contributed by atoms with Crippen molar-refractivity contribution in [3.63, 3.8) is 0 Å². The van der Waals surface area contributed by atoms with Crippen molar-refractivity contribution in [1.82, 2.24) is 0 Å². The van der Waals surface area contributed by atoms with E-state index in [0.29, 0.717) is 18.2 Å². The molecule has 0 radical (unpaired) electrons. The quantitative estimate of drug-likeness (QED) is 0.388. The molecule has 0 aliphatic rings. The van der Waals surface area contributed by atoms with Gasteiger partial charge in [-0.2, -0.15) is 0 Å². The number of hydrogen-bond donors (Lipinski definition) is 0. The van der Waals surface area contributed by atoms with E-state index in [9.17, 15) is 4.79 Å². The van der Waals surface area contributed by atoms with Crippen molar-refractivity contribution in [2.75, 3.05) is 6.61 Å². The summed E-state index contributed by atoms with van der Waals surface area (Å²) in [5, 5.41) is 0. The Bertz CT molecular complexity index is 277. The normalized spacial score (nSPS) is 12.0. The van der Waals surface area contributed by atoms with Crippen LogP contribution in [0.2, 0.25) is 12.6 Å². The van der Waals surface area contributed by atoms with Crippen LogP contribution in [0.15, 0.2) is 12.2 Å². The average Bonchev–Trinajstić information content (AvgIpc) is 2.13. The Labute approximate surface area is 112 Å². The minimum absolute atomic E-state index is 0.109. The van der Waals surface area contributed by atoms with Crippen LogP contribution in [0.3, 0.4) is 0 Å². The Morgan fingerprint density at radius 3 is 1.94 bits per heavy atom. The minimum Gasteiger partial charge on any atom is -0.462 e. The Morgan fingerprint density at radius 2 is 1.61 bits per heavy atom. The molecule has 0 aliphatic carbocycles. The van der Waals surface area contributed by atoms with E-state index >= 15 is 0 Å². The summed E-state index contributed by atoms with van der Waals surface area (Å²) in [4.78, 5) is 11.3. The van der Waals surface area contributed by atoms with Crippen LogP contribution in [0, 0.1) is 0 Å². The lowest BCUT2D eigenvalue weighted by Crippen LogP contribution is -2.44. The van der Waals surface area contributed by atoms with Crippen LogP contribution in [-0.2, 0) is 18.4 Å². The van der Waals surface area contributed by atoms with Gasteiger partial charge in [0.1, 0.15) is 0 Å². The summed E-state index contributed by atoms with van der Waals surface area (Å²) in [7, 11) is -2.28. The highest BCUT2D eigenvalue weighted by molar-refractivity contribution is 6.66. The lowest BCUT2D eigenvalue weighted by molar-refractivity contribution is -0.138. The lowest BCUT2D eigenvalue weighted by atomic mass is 10.4. The molecule has 0 aromatic heterocycles. The van der Waals surface area contributed by atoms with Gasteiger partial charge in [-0.15, -0.1) is 0 Å². The molecule has 0 aromatic carbocycles. The molecule has 0 spiro atoms. The number of esters is 1. The van der Waals surface area contributed by atoms with E-state index in [4.69, 9.17) is 13.6 Å². The zero-order valence-corrected chi connectivity index (χ0v) is 13.4. The van der Waals surface area contributed by atoms with Crippen LogP contribution in [-0.4, -0.2) is 33.3 Å². The summed E-state index contributed by atoms with van der Waals surface area (Å²) >= 11 is 0. The number of carbonyl (C=O) groups is 1. The zero-order chi connectivity index (χ0) is 14.3. The van der Waals surface area contributed by atoms with Gasteiger partial charge in [-0.25, -0.2) is 4.79 Å². The van der Waals surface area contributed by atoms with Crippen LogP contribution in [0.4, 0.5) is 0 Å². The van der Waals surface area contributed by atoms with Crippen molar-refractivity contribution in [3.8, 4) is 0 Å². The van der Waals surface area contributed by atoms with Crippen molar-refractivity contribution < 1.29 is 18.4 Å². The zero-order valence-electron chi connectivity index (χ0n) is 12.4. The summed E-state index contributed by atoms with van der Waals surface area (Å²) in [5.74, 6) is -0.361. The van der Waals surface area contributed by atoms with Crippen molar-refractivity contribution >= 4 is 14.5 Å². The predicted molar refractivity (Wildman–Crippen MR) is 74.6 cm³/mol. The molecule has 0 bridgehead atoms. The van der Waals surface area contributed by atoms with Gasteiger partial charge in [-0.05, 0) is 41.2 Å². The SMILES string of the molecule is C=C(C)C(=O)OCC[Si](C)(OC(C)C)OC(C)C. The molecular weight excluding hydrogens is 248 g/mol. The fourth-order valence-electron chi connectivity index (χ4n) is 1.60. The maximum absolute atomic E-state index is 11.3. The second kappa shape index (κ2) is 7.71. The van der Waals surface area contributed by atoms with Crippen LogP contribution in [0.25, 0.3) is 0 Å². The van der Waals surface area contributed by atoms with E-state index in [1.54, 1.807) is 6.92 Å². The van der Waals surface area contributed by atoms with Crippen molar-refractivity contribution in [2.24, 2.45) is 0 Å². The van der Waals surface area contributed by atoms with E-state index < -0.39 is 8.56 Å². The second-order valence-corrected chi connectivity index (χ2v) is 8.37. The Kier molecular flexibility index (Phi) is 7.43. The number of carbonyl (C=O) groups excluding carboxylic acids is 1. The smallest absolute Gasteiger partial charge is 0.338 e. The second-order valence-electron chi connectivity index (χ2n) is 5.13. The van der Waals surface area contributed by atoms with Gasteiger partial charge in [0.15, 0.2) is 0 Å². The minimum atomic E-state index is -2.28. The largest absolute Gasteiger partial charge is 0.462 e. The number of hydrogen-bond acceptors (Lipinski definition) is 4. The lowest BCUT2D eigenvalue weighted by Gasteiger charge is -2.30. The van der Waals surface area contributed by atoms with Crippen molar-refractivity contribution in [1.29, 1.82) is 0 Å². The summed E-state index contributed by atoms with van der Waals surface area (Å²) in [6.07, 6.45) is 0.217. The first-order valence-corrected chi connectivity index (χ1v) is 8.87. The Morgan fingerprint density at radius 1 is 1.17 bits per heavy atom. The molecule has 0 saturated heterocycles. The summed E-state index contributed by atoms with van der Waals surface area (Å²) in [6, 6.07) is 0.627. The van der Waals surface area contributed by atoms with Crippen LogP contribution < -0.4 is 0 Å². The van der Waals surface area contributed by atoms with Gasteiger partial charge in [0.25, 0.3) is 0 Å². The monoisotopic (exact) mass is 274 g/mol. The molecule has 0 fully saturated rings. The van der Waals surface area contributed by atoms with Gasteiger partial charge in [-0.3, -0.25) is 0 Å². The van der Waals surface area contributed by atoms with Gasteiger partial charge in [0.05, 0.1) is 6.61 Å². The van der Waals surface area contributed by atoms with Gasteiger partial charge in [0, 0.05) is 23.8 Å². The molecule has 5 heteroatoms. The highest BCUT2D eigenvalue weighted by Gasteiger charge is 2.34. The Balaban J connectivity index is 4.33. The molecule has 0 unspecified atom stereocenters. The molecule has 0 amide bonds. The van der Waals surface area contributed by atoms with E-state index in [-0.39, 0.29) is 18.2 Å². The van der Waals surface area contributed by atoms with Crippen molar-refractivity contribution in [3.05, 3.63) is 12.2 Å². The van der Waals surface area contributed by atoms with E-state index in [0.717, 1.165) is 0 Å². The van der Waals surface area contributed by atoms with Crippen molar-refractivity contribution in [2.45, 2.75) is 59.4 Å². The third-order valence-electron chi connectivity index (χ3n) is 2.11. The Hall–Kier alpha value is -0.653. The maximum atomic E-state index is 11.3. The first-order valence-electron chi connectivity index (χ1n) is 6.34. The highest BCUT2D eigenvalue weighted by Crippen LogP contribution is 2.18. The fraction of sp³-hybridized carbons (Fsp3) is 0.769. The molecule has 0 atom stereocenters. The molecule has 0 aliphatic heterocycles. The molecule has 18 heavy (non-hydrogen) atoms.